The van der Waals surface area contributed by atoms with Crippen LogP contribution >= 0.6 is 0 Å². The first-order chi connectivity index (χ1) is 17.7. The van der Waals surface area contributed by atoms with Gasteiger partial charge in [0.05, 0.1) is 17.4 Å². The summed E-state index contributed by atoms with van der Waals surface area (Å²) in [6, 6.07) is 16.0. The Morgan fingerprint density at radius 3 is 2.43 bits per heavy atom. The first-order valence-electron chi connectivity index (χ1n) is 11.5. The van der Waals surface area contributed by atoms with Crippen molar-refractivity contribution < 1.29 is 24.6 Å². The summed E-state index contributed by atoms with van der Waals surface area (Å²) in [5.41, 5.74) is 14.9. The molecule has 0 saturated heterocycles. The summed E-state index contributed by atoms with van der Waals surface area (Å²) in [7, 11) is 0. The zero-order chi connectivity index (χ0) is 26.5. The van der Waals surface area contributed by atoms with Crippen LogP contribution in [0.2, 0.25) is 0 Å². The number of anilines is 2. The highest BCUT2D eigenvalue weighted by Gasteiger charge is 2.23. The predicted molar refractivity (Wildman–Crippen MR) is 140 cm³/mol. The molecular weight excluding hydrogens is 474 g/mol. The number of phenols is 1. The topological polar surface area (TPSA) is 184 Å². The highest BCUT2D eigenvalue weighted by molar-refractivity contribution is 6.02. The number of amides is 2. The van der Waals surface area contributed by atoms with E-state index in [1.165, 1.54) is 30.3 Å². The van der Waals surface area contributed by atoms with Crippen LogP contribution in [0.5, 0.6) is 5.75 Å². The number of H-pyrrole nitrogens is 1. The van der Waals surface area contributed by atoms with E-state index in [4.69, 9.17) is 11.5 Å². The van der Waals surface area contributed by atoms with E-state index in [-0.39, 0.29) is 35.5 Å². The lowest BCUT2D eigenvalue weighted by molar-refractivity contribution is -0.139. The normalized spacial score (nSPS) is 12.6. The summed E-state index contributed by atoms with van der Waals surface area (Å²) in [5, 5.41) is 25.2. The van der Waals surface area contributed by atoms with Gasteiger partial charge in [0.2, 0.25) is 5.91 Å². The van der Waals surface area contributed by atoms with Crippen LogP contribution in [0.1, 0.15) is 21.5 Å². The highest BCUT2D eigenvalue weighted by atomic mass is 16.4. The van der Waals surface area contributed by atoms with Crippen LogP contribution < -0.4 is 22.1 Å². The lowest BCUT2D eigenvalue weighted by atomic mass is 10.0. The number of aromatic amines is 1. The molecule has 0 fully saturated rings. The molecule has 9 N–H and O–H groups in total. The van der Waals surface area contributed by atoms with Gasteiger partial charge in [-0.1, -0.05) is 30.3 Å². The van der Waals surface area contributed by atoms with E-state index in [1.54, 1.807) is 18.3 Å². The van der Waals surface area contributed by atoms with E-state index >= 15 is 0 Å². The van der Waals surface area contributed by atoms with E-state index in [0.717, 1.165) is 22.0 Å². The molecule has 0 aliphatic carbocycles. The molecule has 0 aliphatic rings. The lowest BCUT2D eigenvalue weighted by Gasteiger charge is -2.17. The van der Waals surface area contributed by atoms with E-state index in [1.807, 2.05) is 24.3 Å². The third-order valence-corrected chi connectivity index (χ3v) is 6.00. The molecule has 0 unspecified atom stereocenters. The number of carboxylic acids is 1. The Morgan fingerprint density at radius 2 is 1.70 bits per heavy atom. The molecule has 10 nitrogen and oxygen atoms in total. The Labute approximate surface area is 212 Å². The number of hydrogen-bond acceptors (Lipinski definition) is 6. The molecule has 2 atom stereocenters. The number of nitrogens with two attached hydrogens (primary N) is 2. The maximum atomic E-state index is 12.9. The lowest BCUT2D eigenvalue weighted by Crippen LogP contribution is -2.42. The first-order valence-corrected chi connectivity index (χ1v) is 11.5. The van der Waals surface area contributed by atoms with Crippen molar-refractivity contribution in [1.29, 1.82) is 0 Å². The van der Waals surface area contributed by atoms with Gasteiger partial charge < -0.3 is 37.3 Å². The molecule has 4 aromatic rings. The SMILES string of the molecule is Nc1ccc(C(=O)N[C@@H](Cc2c[nH]c3ccccc23)C(=O)O)cc1NC(=O)[C@@H](N)Cc1ccc(O)cc1. The van der Waals surface area contributed by atoms with Gasteiger partial charge in [0.1, 0.15) is 11.8 Å². The van der Waals surface area contributed by atoms with Crippen molar-refractivity contribution >= 4 is 40.1 Å². The van der Waals surface area contributed by atoms with Gasteiger partial charge in [0.25, 0.3) is 5.91 Å². The number of carbonyl (C=O) groups is 3. The zero-order valence-electron chi connectivity index (χ0n) is 19.8. The monoisotopic (exact) mass is 501 g/mol. The van der Waals surface area contributed by atoms with Crippen molar-refractivity contribution in [3.05, 3.63) is 89.6 Å². The Hall–Kier alpha value is -4.83. The second kappa shape index (κ2) is 10.8. The number of carbonyl (C=O) groups excluding carboxylic acids is 2. The molecule has 1 aromatic heterocycles. The number of nitrogen functional groups attached to an aromatic ring is 1. The smallest absolute Gasteiger partial charge is 0.326 e. The van der Waals surface area contributed by atoms with Crippen molar-refractivity contribution in [1.82, 2.24) is 10.3 Å². The average Bonchev–Trinajstić information content (AvgIpc) is 3.29. The van der Waals surface area contributed by atoms with Crippen molar-refractivity contribution in [2.45, 2.75) is 24.9 Å². The van der Waals surface area contributed by atoms with Crippen LogP contribution in [0, 0.1) is 0 Å². The number of nitrogens with one attached hydrogen (secondary N) is 3. The number of rotatable bonds is 9. The molecule has 0 spiro atoms. The van der Waals surface area contributed by atoms with Gasteiger partial charge in [-0.15, -0.1) is 0 Å². The maximum Gasteiger partial charge on any atom is 0.326 e. The molecule has 0 saturated carbocycles. The Morgan fingerprint density at radius 1 is 0.973 bits per heavy atom. The van der Waals surface area contributed by atoms with E-state index in [0.29, 0.717) is 0 Å². The molecule has 3 aromatic carbocycles. The van der Waals surface area contributed by atoms with E-state index in [9.17, 15) is 24.6 Å². The summed E-state index contributed by atoms with van der Waals surface area (Å²) in [4.78, 5) is 40.6. The summed E-state index contributed by atoms with van der Waals surface area (Å²) in [5.74, 6) is -2.21. The van der Waals surface area contributed by atoms with Crippen LogP contribution in [-0.4, -0.2) is 45.1 Å². The predicted octanol–water partition coefficient (Wildman–Crippen LogP) is 2.39. The number of para-hydroxylation sites is 1. The fourth-order valence-electron chi connectivity index (χ4n) is 3.97. The minimum absolute atomic E-state index is 0.0791. The number of benzene rings is 3. The molecule has 0 aliphatic heterocycles. The van der Waals surface area contributed by atoms with Gasteiger partial charge in [-0.2, -0.15) is 0 Å². The molecule has 1 heterocycles. The van der Waals surface area contributed by atoms with E-state index in [2.05, 4.69) is 15.6 Å². The van der Waals surface area contributed by atoms with Crippen molar-refractivity contribution in [3.63, 3.8) is 0 Å². The minimum atomic E-state index is -1.18. The van der Waals surface area contributed by atoms with Crippen molar-refractivity contribution in [2.75, 3.05) is 11.1 Å². The summed E-state index contributed by atoms with van der Waals surface area (Å²) < 4.78 is 0. The molecule has 190 valence electrons. The summed E-state index contributed by atoms with van der Waals surface area (Å²) in [6.07, 6.45) is 2.03. The van der Waals surface area contributed by atoms with Gasteiger partial charge in [-0.05, 0) is 53.9 Å². The number of hydrogen-bond donors (Lipinski definition) is 7. The number of aromatic hydroxyl groups is 1. The van der Waals surface area contributed by atoms with Crippen molar-refractivity contribution in [3.8, 4) is 5.75 Å². The Bertz CT molecular complexity index is 1450. The maximum absolute atomic E-state index is 12.9. The van der Waals surface area contributed by atoms with Gasteiger partial charge in [0.15, 0.2) is 0 Å². The Kier molecular flexibility index (Phi) is 7.40. The van der Waals surface area contributed by atoms with Crippen LogP contribution in [0.25, 0.3) is 10.9 Å². The number of phenolic OH excluding ortho intramolecular Hbond substituents is 1. The van der Waals surface area contributed by atoms with Crippen LogP contribution in [0.4, 0.5) is 11.4 Å². The molecule has 0 radical (unpaired) electrons. The fraction of sp³-hybridized carbons (Fsp3) is 0.148. The van der Waals surface area contributed by atoms with Gasteiger partial charge in [-0.3, -0.25) is 9.59 Å². The van der Waals surface area contributed by atoms with E-state index < -0.39 is 29.9 Å². The summed E-state index contributed by atoms with van der Waals surface area (Å²) in [6.45, 7) is 0. The first kappa shape index (κ1) is 25.3. The average molecular weight is 502 g/mol. The number of carboxylic acid groups (broad SMARTS) is 1. The molecular formula is C27H27N5O5. The van der Waals surface area contributed by atoms with Crippen LogP contribution in [0.3, 0.4) is 0 Å². The standard InChI is InChI=1S/C27H27N5O5/c28-20-10-7-16(12-23(20)31-26(35)21(29)11-15-5-8-18(33)9-6-15)25(34)32-24(27(36)37)13-17-14-30-22-4-2-1-3-19(17)22/h1-10,12,14,21,24,30,33H,11,13,28-29H2,(H,31,35)(H,32,34)(H,36,37)/t21-,24-/m0/s1. The number of aromatic nitrogens is 1. The number of fused-ring (bicyclic) bond motifs is 1. The van der Waals surface area contributed by atoms with Gasteiger partial charge >= 0.3 is 5.97 Å². The second-order valence-corrected chi connectivity index (χ2v) is 8.70. The fourth-order valence-corrected chi connectivity index (χ4v) is 3.97. The Balaban J connectivity index is 1.44. The molecule has 37 heavy (non-hydrogen) atoms. The molecule has 4 rings (SSSR count). The zero-order valence-corrected chi connectivity index (χ0v) is 19.8. The minimum Gasteiger partial charge on any atom is -0.508 e. The second-order valence-electron chi connectivity index (χ2n) is 8.70. The van der Waals surface area contributed by atoms with Crippen LogP contribution in [-0.2, 0) is 22.4 Å². The third-order valence-electron chi connectivity index (χ3n) is 6.00. The van der Waals surface area contributed by atoms with Gasteiger partial charge in [-0.25, -0.2) is 4.79 Å². The highest BCUT2D eigenvalue weighted by Crippen LogP contribution is 2.22. The van der Waals surface area contributed by atoms with Crippen molar-refractivity contribution in [2.24, 2.45) is 5.73 Å². The molecule has 10 heteroatoms. The molecule has 0 bridgehead atoms. The van der Waals surface area contributed by atoms with Gasteiger partial charge in [0, 0.05) is 29.1 Å². The third kappa shape index (κ3) is 6.06. The molecule has 2 amide bonds. The number of aliphatic carboxylic acids is 1. The van der Waals surface area contributed by atoms with Crippen LogP contribution in [0.15, 0.2) is 72.9 Å². The quantitative estimate of drug-likeness (QED) is 0.172. The summed E-state index contributed by atoms with van der Waals surface area (Å²) >= 11 is 0. The largest absolute Gasteiger partial charge is 0.508 e.